The van der Waals surface area contributed by atoms with Crippen molar-refractivity contribution < 1.29 is 9.53 Å². The maximum Gasteiger partial charge on any atom is 0.358 e. The summed E-state index contributed by atoms with van der Waals surface area (Å²) >= 11 is 0. The van der Waals surface area contributed by atoms with Gasteiger partial charge in [0.05, 0.1) is 19.0 Å². The molecule has 0 aromatic carbocycles. The number of carbonyl (C=O) groups excluding carboxylic acids is 1. The van der Waals surface area contributed by atoms with Crippen LogP contribution in [0, 0.1) is 6.92 Å². The van der Waals surface area contributed by atoms with Crippen molar-refractivity contribution in [1.82, 2.24) is 15.3 Å². The number of hydrogen-bond acceptors (Lipinski definition) is 6. The summed E-state index contributed by atoms with van der Waals surface area (Å²) in [5.74, 6) is 0.395. The predicted molar refractivity (Wildman–Crippen MR) is 63.2 cm³/mol. The molecule has 0 aliphatic carbocycles. The van der Waals surface area contributed by atoms with Gasteiger partial charge in [-0.25, -0.2) is 14.8 Å². The van der Waals surface area contributed by atoms with E-state index in [4.69, 9.17) is 0 Å². The van der Waals surface area contributed by atoms with E-state index in [2.05, 4.69) is 24.9 Å². The van der Waals surface area contributed by atoms with Gasteiger partial charge in [0.15, 0.2) is 5.69 Å². The normalized spacial score (nSPS) is 15.8. The minimum Gasteiger partial charge on any atom is -0.464 e. The van der Waals surface area contributed by atoms with Crippen molar-refractivity contribution in [2.24, 2.45) is 0 Å². The molecule has 0 spiro atoms. The van der Waals surface area contributed by atoms with Crippen molar-refractivity contribution in [3.05, 3.63) is 17.6 Å². The molecule has 1 saturated heterocycles. The topological polar surface area (TPSA) is 67.3 Å². The Labute approximate surface area is 100 Å². The molecule has 0 saturated carbocycles. The second-order valence-electron chi connectivity index (χ2n) is 3.89. The third-order valence-electron chi connectivity index (χ3n) is 2.73. The Morgan fingerprint density at radius 1 is 1.47 bits per heavy atom. The maximum absolute atomic E-state index is 11.3. The van der Waals surface area contributed by atoms with Crippen LogP contribution < -0.4 is 10.2 Å². The van der Waals surface area contributed by atoms with Gasteiger partial charge in [0.1, 0.15) is 5.82 Å². The number of ether oxygens (including phenoxy) is 1. The first-order valence-electron chi connectivity index (χ1n) is 5.60. The summed E-state index contributed by atoms with van der Waals surface area (Å²) < 4.78 is 4.61. The Balaban J connectivity index is 2.21. The molecule has 6 heteroatoms. The zero-order valence-electron chi connectivity index (χ0n) is 10.1. The van der Waals surface area contributed by atoms with E-state index in [9.17, 15) is 4.79 Å². The van der Waals surface area contributed by atoms with Crippen molar-refractivity contribution in [2.75, 3.05) is 38.2 Å². The summed E-state index contributed by atoms with van der Waals surface area (Å²) in [5.41, 5.74) is 1.01. The Bertz CT molecular complexity index is 416. The zero-order chi connectivity index (χ0) is 12.3. The van der Waals surface area contributed by atoms with E-state index in [1.165, 1.54) is 13.3 Å². The van der Waals surface area contributed by atoms with Gasteiger partial charge >= 0.3 is 5.97 Å². The largest absolute Gasteiger partial charge is 0.464 e. The first-order chi connectivity index (χ1) is 8.22. The van der Waals surface area contributed by atoms with Crippen LogP contribution in [-0.4, -0.2) is 49.2 Å². The van der Waals surface area contributed by atoms with Crippen LogP contribution in [0.4, 0.5) is 5.82 Å². The van der Waals surface area contributed by atoms with E-state index in [1.54, 1.807) is 0 Å². The lowest BCUT2D eigenvalue weighted by atomic mass is 10.3. The highest BCUT2D eigenvalue weighted by Gasteiger charge is 2.16. The summed E-state index contributed by atoms with van der Waals surface area (Å²) in [6, 6.07) is 0. The number of esters is 1. The lowest BCUT2D eigenvalue weighted by molar-refractivity contribution is 0.0593. The molecule has 0 radical (unpaired) electrons. The van der Waals surface area contributed by atoms with E-state index in [-0.39, 0.29) is 5.69 Å². The summed E-state index contributed by atoms with van der Waals surface area (Å²) in [6.07, 6.45) is 1.47. The molecule has 1 aliphatic rings. The lowest BCUT2D eigenvalue weighted by Crippen LogP contribution is -2.44. The molecular formula is C11H16N4O2. The van der Waals surface area contributed by atoms with Gasteiger partial charge in [-0.3, -0.25) is 0 Å². The number of hydrogen-bond donors (Lipinski definition) is 1. The molecule has 6 nitrogen and oxygen atoms in total. The number of anilines is 1. The number of nitrogens with one attached hydrogen (secondary N) is 1. The van der Waals surface area contributed by atoms with Gasteiger partial charge < -0.3 is 15.0 Å². The van der Waals surface area contributed by atoms with Crippen molar-refractivity contribution >= 4 is 11.8 Å². The Morgan fingerprint density at radius 2 is 2.18 bits per heavy atom. The highest BCUT2D eigenvalue weighted by molar-refractivity contribution is 5.87. The minimum absolute atomic E-state index is 0.254. The van der Waals surface area contributed by atoms with Crippen molar-refractivity contribution in [3.63, 3.8) is 0 Å². The van der Waals surface area contributed by atoms with Crippen LogP contribution in [0.5, 0.6) is 0 Å². The highest BCUT2D eigenvalue weighted by atomic mass is 16.5. The molecule has 1 aromatic rings. The molecule has 1 aliphatic heterocycles. The standard InChI is InChI=1S/C11H16N4O2/c1-8-10(15-5-3-12-4-6-15)13-7-9(14-8)11(16)17-2/h7,12H,3-6H2,1-2H3. The van der Waals surface area contributed by atoms with Crippen molar-refractivity contribution in [1.29, 1.82) is 0 Å². The van der Waals surface area contributed by atoms with Gasteiger partial charge in [-0.15, -0.1) is 0 Å². The fourth-order valence-corrected chi connectivity index (χ4v) is 1.87. The van der Waals surface area contributed by atoms with Gasteiger partial charge in [-0.2, -0.15) is 0 Å². The van der Waals surface area contributed by atoms with Gasteiger partial charge in [-0.1, -0.05) is 0 Å². The number of methoxy groups -OCH3 is 1. The molecule has 1 aromatic heterocycles. The van der Waals surface area contributed by atoms with E-state index in [1.807, 2.05) is 6.92 Å². The monoisotopic (exact) mass is 236 g/mol. The molecule has 0 amide bonds. The SMILES string of the molecule is COC(=O)c1cnc(N2CCNCC2)c(C)n1. The summed E-state index contributed by atoms with van der Waals surface area (Å²) in [5, 5.41) is 3.28. The van der Waals surface area contributed by atoms with Gasteiger partial charge in [0.2, 0.25) is 0 Å². The van der Waals surface area contributed by atoms with Gasteiger partial charge in [-0.05, 0) is 6.92 Å². The van der Waals surface area contributed by atoms with Crippen molar-refractivity contribution in [2.45, 2.75) is 6.92 Å². The number of carbonyl (C=O) groups is 1. The molecule has 0 unspecified atom stereocenters. The van der Waals surface area contributed by atoms with Gasteiger partial charge in [0, 0.05) is 26.2 Å². The molecule has 0 bridgehead atoms. The molecule has 92 valence electrons. The Hall–Kier alpha value is -1.69. The van der Waals surface area contributed by atoms with Crippen LogP contribution in [0.3, 0.4) is 0 Å². The van der Waals surface area contributed by atoms with Crippen LogP contribution in [0.25, 0.3) is 0 Å². The first-order valence-corrected chi connectivity index (χ1v) is 5.60. The zero-order valence-corrected chi connectivity index (χ0v) is 10.1. The highest BCUT2D eigenvalue weighted by Crippen LogP contribution is 2.15. The van der Waals surface area contributed by atoms with Gasteiger partial charge in [0.25, 0.3) is 0 Å². The third-order valence-corrected chi connectivity index (χ3v) is 2.73. The van der Waals surface area contributed by atoms with Crippen LogP contribution >= 0.6 is 0 Å². The first kappa shape index (κ1) is 11.8. The fourth-order valence-electron chi connectivity index (χ4n) is 1.87. The molecule has 2 heterocycles. The number of piperazine rings is 1. The number of aromatic nitrogens is 2. The second-order valence-corrected chi connectivity index (χ2v) is 3.89. The maximum atomic E-state index is 11.3. The second kappa shape index (κ2) is 5.09. The molecular weight excluding hydrogens is 220 g/mol. The average molecular weight is 236 g/mol. The van der Waals surface area contributed by atoms with E-state index in [0.717, 1.165) is 37.7 Å². The van der Waals surface area contributed by atoms with Crippen molar-refractivity contribution in [3.8, 4) is 0 Å². The summed E-state index contributed by atoms with van der Waals surface area (Å²) in [7, 11) is 1.34. The average Bonchev–Trinajstić information content (AvgIpc) is 2.38. The number of nitrogens with zero attached hydrogens (tertiary/aromatic N) is 3. The van der Waals surface area contributed by atoms with Crippen LogP contribution in [-0.2, 0) is 4.74 Å². The molecule has 1 fully saturated rings. The van der Waals surface area contributed by atoms with E-state index >= 15 is 0 Å². The minimum atomic E-state index is -0.451. The number of aryl methyl sites for hydroxylation is 1. The molecule has 17 heavy (non-hydrogen) atoms. The Morgan fingerprint density at radius 3 is 2.76 bits per heavy atom. The van der Waals surface area contributed by atoms with Crippen LogP contribution in [0.2, 0.25) is 0 Å². The number of rotatable bonds is 2. The lowest BCUT2D eigenvalue weighted by Gasteiger charge is -2.29. The van der Waals surface area contributed by atoms with Crippen LogP contribution in [0.15, 0.2) is 6.20 Å². The Kier molecular flexibility index (Phi) is 3.53. The quantitative estimate of drug-likeness (QED) is 0.728. The van der Waals surface area contributed by atoms with Crippen LogP contribution in [0.1, 0.15) is 16.2 Å². The fraction of sp³-hybridized carbons (Fsp3) is 0.545. The molecule has 0 atom stereocenters. The smallest absolute Gasteiger partial charge is 0.358 e. The predicted octanol–water partition coefficient (Wildman–Crippen LogP) is -0.0188. The third kappa shape index (κ3) is 2.52. The molecule has 1 N–H and O–H groups in total. The van der Waals surface area contributed by atoms with E-state index in [0.29, 0.717) is 0 Å². The van der Waals surface area contributed by atoms with E-state index < -0.39 is 5.97 Å². The summed E-state index contributed by atoms with van der Waals surface area (Å²) in [6.45, 7) is 5.57. The molecule has 2 rings (SSSR count). The summed E-state index contributed by atoms with van der Waals surface area (Å²) in [4.78, 5) is 22.0.